The van der Waals surface area contributed by atoms with Crippen LogP contribution in [0.2, 0.25) is 5.02 Å². The number of hydrogen-bond donors (Lipinski definition) is 2. The van der Waals surface area contributed by atoms with Crippen LogP contribution >= 0.6 is 23.4 Å². The molecule has 208 valence electrons. The smallest absolute Gasteiger partial charge is 0.263 e. The molecule has 13 heteroatoms. The number of nitrogens with zero attached hydrogens (tertiary/aromatic N) is 5. The third kappa shape index (κ3) is 6.91. The van der Waals surface area contributed by atoms with Gasteiger partial charge in [0.2, 0.25) is 5.91 Å². The van der Waals surface area contributed by atoms with Crippen molar-refractivity contribution >= 4 is 50.8 Å². The van der Waals surface area contributed by atoms with E-state index in [1.165, 1.54) is 36.0 Å². The van der Waals surface area contributed by atoms with Crippen LogP contribution in [0.25, 0.3) is 17.1 Å². The molecule has 5 aromatic rings. The van der Waals surface area contributed by atoms with Gasteiger partial charge in [0, 0.05) is 33.7 Å². The van der Waals surface area contributed by atoms with E-state index in [4.69, 9.17) is 11.6 Å². The van der Waals surface area contributed by atoms with Crippen LogP contribution in [0.4, 0.5) is 11.5 Å². The minimum Gasteiger partial charge on any atom is -0.325 e. The van der Waals surface area contributed by atoms with Gasteiger partial charge in [0.05, 0.1) is 10.6 Å². The lowest BCUT2D eigenvalue weighted by atomic mass is 10.2. The Balaban J connectivity index is 1.27. The van der Waals surface area contributed by atoms with Crippen molar-refractivity contribution in [3.05, 3.63) is 101 Å². The highest BCUT2D eigenvalue weighted by Gasteiger charge is 2.18. The van der Waals surface area contributed by atoms with Crippen LogP contribution < -0.4 is 10.0 Å². The average molecular weight is 606 g/mol. The Morgan fingerprint density at radius 2 is 1.63 bits per heavy atom. The zero-order valence-corrected chi connectivity index (χ0v) is 24.3. The molecule has 0 aliphatic heterocycles. The summed E-state index contributed by atoms with van der Waals surface area (Å²) in [5.74, 6) is 1.04. The maximum atomic E-state index is 12.8. The second-order valence-electron chi connectivity index (χ2n) is 8.89. The maximum absolute atomic E-state index is 12.8. The molecule has 0 radical (unpaired) electrons. The lowest BCUT2D eigenvalue weighted by Crippen LogP contribution is -2.16. The van der Waals surface area contributed by atoms with E-state index in [0.29, 0.717) is 33.2 Å². The molecule has 0 saturated heterocycles. The molecule has 10 nitrogen and oxygen atoms in total. The van der Waals surface area contributed by atoms with Crippen molar-refractivity contribution < 1.29 is 13.2 Å². The van der Waals surface area contributed by atoms with Crippen molar-refractivity contribution in [2.24, 2.45) is 0 Å². The molecule has 2 N–H and O–H groups in total. The molecule has 0 spiro atoms. The van der Waals surface area contributed by atoms with E-state index in [9.17, 15) is 13.2 Å². The molecule has 0 saturated carbocycles. The molecule has 1 amide bonds. The van der Waals surface area contributed by atoms with E-state index in [2.05, 4.69) is 30.2 Å². The molecule has 5 rings (SSSR count). The molecular formula is C28H24ClN7O3S2. The normalized spacial score (nSPS) is 11.3. The fourth-order valence-corrected chi connectivity index (χ4v) is 5.84. The van der Waals surface area contributed by atoms with Crippen LogP contribution in [0, 0.1) is 13.8 Å². The minimum absolute atomic E-state index is 0.0308. The Kier molecular flexibility index (Phi) is 8.34. The van der Waals surface area contributed by atoms with Gasteiger partial charge < -0.3 is 5.32 Å². The van der Waals surface area contributed by atoms with Crippen molar-refractivity contribution in [2.75, 3.05) is 15.8 Å². The second kappa shape index (κ2) is 12.1. The van der Waals surface area contributed by atoms with E-state index >= 15 is 0 Å². The Bertz CT molecular complexity index is 1780. The number of rotatable bonds is 9. The first-order valence-electron chi connectivity index (χ1n) is 12.3. The highest BCUT2D eigenvalue weighted by molar-refractivity contribution is 7.99. The summed E-state index contributed by atoms with van der Waals surface area (Å²) < 4.78 is 29.9. The number of hydrogen-bond acceptors (Lipinski definition) is 8. The van der Waals surface area contributed by atoms with Gasteiger partial charge in [-0.25, -0.2) is 18.4 Å². The first kappa shape index (κ1) is 28.3. The van der Waals surface area contributed by atoms with Gasteiger partial charge in [0.1, 0.15) is 11.6 Å². The Morgan fingerprint density at radius 3 is 2.32 bits per heavy atom. The molecule has 0 fully saturated rings. The molecule has 2 aromatic heterocycles. The fourth-order valence-electron chi connectivity index (χ4n) is 3.97. The van der Waals surface area contributed by atoms with Gasteiger partial charge in [0.25, 0.3) is 10.0 Å². The van der Waals surface area contributed by atoms with E-state index < -0.39 is 10.0 Å². The third-order valence-electron chi connectivity index (χ3n) is 5.74. The predicted molar refractivity (Wildman–Crippen MR) is 160 cm³/mol. The van der Waals surface area contributed by atoms with Crippen LogP contribution in [0.15, 0.2) is 95.0 Å². The number of aromatic nitrogens is 5. The minimum atomic E-state index is -3.88. The van der Waals surface area contributed by atoms with E-state index in [1.807, 2.05) is 47.0 Å². The summed E-state index contributed by atoms with van der Waals surface area (Å²) in [4.78, 5) is 21.1. The molecule has 0 bridgehead atoms. The van der Waals surface area contributed by atoms with Crippen molar-refractivity contribution in [1.29, 1.82) is 0 Å². The summed E-state index contributed by atoms with van der Waals surface area (Å²) in [6.45, 7) is 3.44. The summed E-state index contributed by atoms with van der Waals surface area (Å²) in [5.41, 5.74) is 2.78. The quantitative estimate of drug-likeness (QED) is 0.210. The number of thioether (sulfide) groups is 1. The SMILES string of the molecule is Cc1cc(NS(=O)(=O)c2ccc(NC(=O)CSc3nnc(-c4ccccc4)n3-c3ccc(Cl)cc3)cc2)nc(C)n1. The highest BCUT2D eigenvalue weighted by atomic mass is 35.5. The summed E-state index contributed by atoms with van der Waals surface area (Å²) in [7, 11) is -3.88. The van der Waals surface area contributed by atoms with Gasteiger partial charge >= 0.3 is 0 Å². The van der Waals surface area contributed by atoms with Gasteiger partial charge in [-0.1, -0.05) is 53.7 Å². The molecule has 3 aromatic carbocycles. The lowest BCUT2D eigenvalue weighted by Gasteiger charge is -2.11. The van der Waals surface area contributed by atoms with Crippen molar-refractivity contribution in [2.45, 2.75) is 23.9 Å². The molecule has 0 atom stereocenters. The van der Waals surface area contributed by atoms with Crippen molar-refractivity contribution in [1.82, 2.24) is 24.7 Å². The number of carbonyl (C=O) groups excluding carboxylic acids is 1. The van der Waals surface area contributed by atoms with Gasteiger partial charge in [-0.05, 0) is 62.4 Å². The molecule has 0 aliphatic rings. The third-order valence-corrected chi connectivity index (χ3v) is 8.29. The molecular weight excluding hydrogens is 582 g/mol. The van der Waals surface area contributed by atoms with Gasteiger partial charge in [-0.3, -0.25) is 14.1 Å². The first-order chi connectivity index (χ1) is 19.7. The van der Waals surface area contributed by atoms with Crippen molar-refractivity contribution in [3.8, 4) is 17.1 Å². The van der Waals surface area contributed by atoms with Crippen LogP contribution in [-0.4, -0.2) is 44.8 Å². The predicted octanol–water partition coefficient (Wildman–Crippen LogP) is 5.53. The number of anilines is 2. The number of halogens is 1. The number of benzene rings is 3. The fraction of sp³-hybridized carbons (Fsp3) is 0.107. The second-order valence-corrected chi connectivity index (χ2v) is 12.0. The molecule has 41 heavy (non-hydrogen) atoms. The Morgan fingerprint density at radius 1 is 0.927 bits per heavy atom. The van der Waals surface area contributed by atoms with Crippen molar-refractivity contribution in [3.63, 3.8) is 0 Å². The number of amides is 1. The first-order valence-corrected chi connectivity index (χ1v) is 15.2. The topological polar surface area (TPSA) is 132 Å². The zero-order valence-electron chi connectivity index (χ0n) is 21.9. The monoisotopic (exact) mass is 605 g/mol. The van der Waals surface area contributed by atoms with Crippen LogP contribution in [0.5, 0.6) is 0 Å². The summed E-state index contributed by atoms with van der Waals surface area (Å²) in [5, 5.41) is 12.6. The molecule has 0 aliphatic carbocycles. The Labute approximate surface area is 246 Å². The van der Waals surface area contributed by atoms with E-state index in [1.54, 1.807) is 32.0 Å². The van der Waals surface area contributed by atoms with Gasteiger partial charge in [0.15, 0.2) is 11.0 Å². The summed E-state index contributed by atoms with van der Waals surface area (Å²) in [6, 6.07) is 24.3. The molecule has 0 unspecified atom stereocenters. The Hall–Kier alpha value is -4.26. The van der Waals surface area contributed by atoms with Crippen LogP contribution in [0.1, 0.15) is 11.5 Å². The average Bonchev–Trinajstić information content (AvgIpc) is 3.36. The standard InChI is InChI=1S/C28H24ClN7O3S2/c1-18-16-25(31-19(2)30-18)35-41(38,39)24-14-10-22(11-15-24)32-26(37)17-40-28-34-33-27(20-6-4-3-5-7-20)36(28)23-12-8-21(29)9-13-23/h3-16H,17H2,1-2H3,(H,32,37)(H,30,31,35). The largest absolute Gasteiger partial charge is 0.325 e. The van der Waals surface area contributed by atoms with Crippen LogP contribution in [-0.2, 0) is 14.8 Å². The lowest BCUT2D eigenvalue weighted by molar-refractivity contribution is -0.113. The number of sulfonamides is 1. The van der Waals surface area contributed by atoms with Gasteiger partial charge in [-0.2, -0.15) is 0 Å². The summed E-state index contributed by atoms with van der Waals surface area (Å²) >= 11 is 7.32. The zero-order chi connectivity index (χ0) is 29.0. The molecule has 2 heterocycles. The van der Waals surface area contributed by atoms with Crippen LogP contribution in [0.3, 0.4) is 0 Å². The maximum Gasteiger partial charge on any atom is 0.263 e. The number of carbonyl (C=O) groups is 1. The number of aryl methyl sites for hydroxylation is 2. The highest BCUT2D eigenvalue weighted by Crippen LogP contribution is 2.29. The number of nitrogens with one attached hydrogen (secondary N) is 2. The van der Waals surface area contributed by atoms with E-state index in [0.717, 1.165) is 11.3 Å². The van der Waals surface area contributed by atoms with E-state index in [-0.39, 0.29) is 22.4 Å². The summed E-state index contributed by atoms with van der Waals surface area (Å²) in [6.07, 6.45) is 0. The van der Waals surface area contributed by atoms with Gasteiger partial charge in [-0.15, -0.1) is 10.2 Å².